The molecule has 0 fully saturated rings. The lowest BCUT2D eigenvalue weighted by Gasteiger charge is -2.08. The van der Waals surface area contributed by atoms with Crippen LogP contribution >= 0.6 is 22.9 Å². The van der Waals surface area contributed by atoms with Gasteiger partial charge in [-0.1, -0.05) is 17.7 Å². The highest BCUT2D eigenvalue weighted by Crippen LogP contribution is 2.22. The molecule has 0 bridgehead atoms. The molecule has 0 aliphatic rings. The highest BCUT2D eigenvalue weighted by Gasteiger charge is 2.13. The number of anilines is 1. The maximum absolute atomic E-state index is 12.3. The molecule has 0 unspecified atom stereocenters. The van der Waals surface area contributed by atoms with Gasteiger partial charge < -0.3 is 10.3 Å². The molecule has 0 radical (unpaired) electrons. The van der Waals surface area contributed by atoms with Crippen LogP contribution in [-0.4, -0.2) is 10.9 Å². The number of hydrogen-bond donors (Lipinski definition) is 2. The fourth-order valence-electron chi connectivity index (χ4n) is 2.18. The number of hydrogen-bond acceptors (Lipinski definition) is 3. The van der Waals surface area contributed by atoms with Crippen LogP contribution in [0.1, 0.15) is 15.9 Å². The molecule has 1 aromatic carbocycles. The van der Waals surface area contributed by atoms with Crippen molar-refractivity contribution in [2.75, 3.05) is 5.32 Å². The minimum atomic E-state index is -0.450. The zero-order valence-corrected chi connectivity index (χ0v) is 13.8. The van der Waals surface area contributed by atoms with Gasteiger partial charge in [0.25, 0.3) is 11.5 Å². The minimum absolute atomic E-state index is 0.0691. The average Bonchev–Trinajstić information content (AvgIpc) is 3.04. The minimum Gasteiger partial charge on any atom is -0.322 e. The van der Waals surface area contributed by atoms with Gasteiger partial charge in [0, 0.05) is 10.7 Å². The van der Waals surface area contributed by atoms with Crippen molar-refractivity contribution in [1.82, 2.24) is 4.98 Å². The monoisotopic (exact) mass is 344 g/mol. The highest BCUT2D eigenvalue weighted by atomic mass is 35.5. The van der Waals surface area contributed by atoms with Gasteiger partial charge in [0.05, 0.1) is 10.6 Å². The summed E-state index contributed by atoms with van der Waals surface area (Å²) in [4.78, 5) is 28.2. The first-order valence-electron chi connectivity index (χ1n) is 6.89. The number of rotatable bonds is 3. The topological polar surface area (TPSA) is 62.0 Å². The van der Waals surface area contributed by atoms with E-state index in [1.807, 2.05) is 24.4 Å². The van der Waals surface area contributed by atoms with Gasteiger partial charge >= 0.3 is 0 Å². The van der Waals surface area contributed by atoms with Crippen molar-refractivity contribution in [2.24, 2.45) is 0 Å². The van der Waals surface area contributed by atoms with E-state index in [2.05, 4.69) is 10.3 Å². The summed E-state index contributed by atoms with van der Waals surface area (Å²) in [5.74, 6) is -0.450. The number of halogens is 1. The fourth-order valence-corrected chi connectivity index (χ4v) is 3.12. The first kappa shape index (κ1) is 15.5. The molecule has 3 aromatic rings. The van der Waals surface area contributed by atoms with Crippen molar-refractivity contribution in [1.29, 1.82) is 0 Å². The van der Waals surface area contributed by atoms with Gasteiger partial charge in [-0.15, -0.1) is 11.3 Å². The van der Waals surface area contributed by atoms with E-state index in [4.69, 9.17) is 11.6 Å². The molecule has 116 valence electrons. The Labute approximate surface area is 141 Å². The van der Waals surface area contributed by atoms with Crippen LogP contribution in [0.5, 0.6) is 0 Å². The van der Waals surface area contributed by atoms with Gasteiger partial charge in [-0.05, 0) is 54.3 Å². The second kappa shape index (κ2) is 6.40. The Morgan fingerprint density at radius 3 is 2.70 bits per heavy atom. The van der Waals surface area contributed by atoms with Crippen LogP contribution < -0.4 is 10.9 Å². The van der Waals surface area contributed by atoms with E-state index in [1.54, 1.807) is 24.3 Å². The predicted molar refractivity (Wildman–Crippen MR) is 94.5 cm³/mol. The van der Waals surface area contributed by atoms with Crippen LogP contribution in [0.25, 0.3) is 10.6 Å². The van der Waals surface area contributed by atoms with Gasteiger partial charge in [0.1, 0.15) is 5.56 Å². The van der Waals surface area contributed by atoms with Crippen molar-refractivity contribution >= 4 is 34.5 Å². The molecule has 0 aliphatic heterocycles. The third kappa shape index (κ3) is 3.36. The first-order valence-corrected chi connectivity index (χ1v) is 8.15. The Balaban J connectivity index is 1.87. The molecule has 0 atom stereocenters. The van der Waals surface area contributed by atoms with Gasteiger partial charge in [0.15, 0.2) is 0 Å². The standard InChI is InChI=1S/C17H13ClN2O2S/c1-10-9-11(18)4-6-13(10)19-16(21)12-5-7-14(20-17(12)22)15-3-2-8-23-15/h2-9H,1H3,(H,19,21)(H,20,22). The van der Waals surface area contributed by atoms with Crippen LogP contribution in [0.3, 0.4) is 0 Å². The van der Waals surface area contributed by atoms with Gasteiger partial charge in [-0.2, -0.15) is 0 Å². The van der Waals surface area contributed by atoms with E-state index >= 15 is 0 Å². The number of amides is 1. The SMILES string of the molecule is Cc1cc(Cl)ccc1NC(=O)c1ccc(-c2cccs2)[nH]c1=O. The summed E-state index contributed by atoms with van der Waals surface area (Å²) in [6.07, 6.45) is 0. The van der Waals surface area contributed by atoms with E-state index in [-0.39, 0.29) is 5.56 Å². The predicted octanol–water partition coefficient (Wildman–Crippen LogP) is 4.32. The molecule has 0 saturated carbocycles. The van der Waals surface area contributed by atoms with Crippen molar-refractivity contribution < 1.29 is 4.79 Å². The normalized spacial score (nSPS) is 10.5. The van der Waals surface area contributed by atoms with E-state index in [9.17, 15) is 9.59 Å². The largest absolute Gasteiger partial charge is 0.322 e. The summed E-state index contributed by atoms with van der Waals surface area (Å²) in [5, 5.41) is 5.26. The first-order chi connectivity index (χ1) is 11.0. The van der Waals surface area contributed by atoms with E-state index < -0.39 is 11.5 Å². The molecule has 0 saturated heterocycles. The van der Waals surface area contributed by atoms with E-state index in [0.717, 1.165) is 10.4 Å². The van der Waals surface area contributed by atoms with Crippen LogP contribution in [0.15, 0.2) is 52.6 Å². The van der Waals surface area contributed by atoms with Crippen molar-refractivity contribution in [2.45, 2.75) is 6.92 Å². The molecule has 2 heterocycles. The lowest BCUT2D eigenvalue weighted by molar-refractivity contribution is 0.102. The second-order valence-corrected chi connectivity index (χ2v) is 6.39. The molecule has 6 heteroatoms. The Kier molecular flexibility index (Phi) is 4.32. The van der Waals surface area contributed by atoms with Crippen LogP contribution in [0.2, 0.25) is 5.02 Å². The number of carbonyl (C=O) groups is 1. The molecule has 4 nitrogen and oxygen atoms in total. The average molecular weight is 345 g/mol. The zero-order chi connectivity index (χ0) is 16.4. The number of aryl methyl sites for hydroxylation is 1. The summed E-state index contributed by atoms with van der Waals surface area (Å²) in [6.45, 7) is 1.84. The van der Waals surface area contributed by atoms with Gasteiger partial charge in [-0.25, -0.2) is 0 Å². The molecule has 1 amide bonds. The molecule has 0 spiro atoms. The fraction of sp³-hybridized carbons (Fsp3) is 0.0588. The number of benzene rings is 1. The Bertz CT molecular complexity index is 917. The maximum atomic E-state index is 12.3. The number of thiophene rings is 1. The lowest BCUT2D eigenvalue weighted by atomic mass is 10.1. The summed E-state index contributed by atoms with van der Waals surface area (Å²) < 4.78 is 0. The van der Waals surface area contributed by atoms with E-state index in [1.165, 1.54) is 17.4 Å². The molecule has 23 heavy (non-hydrogen) atoms. The number of aromatic nitrogens is 1. The number of aromatic amines is 1. The Morgan fingerprint density at radius 2 is 2.04 bits per heavy atom. The number of carbonyl (C=O) groups excluding carboxylic acids is 1. The third-order valence-electron chi connectivity index (χ3n) is 3.38. The summed E-state index contributed by atoms with van der Waals surface area (Å²) in [5.41, 5.74) is 1.81. The quantitative estimate of drug-likeness (QED) is 0.743. The molecule has 0 aliphatic carbocycles. The smallest absolute Gasteiger partial charge is 0.261 e. The second-order valence-electron chi connectivity index (χ2n) is 5.01. The van der Waals surface area contributed by atoms with Crippen LogP contribution in [0.4, 0.5) is 5.69 Å². The van der Waals surface area contributed by atoms with Gasteiger partial charge in [-0.3, -0.25) is 9.59 Å². The Hall–Kier alpha value is -2.37. The summed E-state index contributed by atoms with van der Waals surface area (Å²) >= 11 is 7.42. The Morgan fingerprint density at radius 1 is 1.22 bits per heavy atom. The zero-order valence-electron chi connectivity index (χ0n) is 12.2. The maximum Gasteiger partial charge on any atom is 0.261 e. The summed E-state index contributed by atoms with van der Waals surface area (Å²) in [6, 6.07) is 12.2. The number of pyridine rings is 1. The molecule has 2 N–H and O–H groups in total. The molecule has 2 aromatic heterocycles. The van der Waals surface area contributed by atoms with Crippen LogP contribution in [0, 0.1) is 6.92 Å². The third-order valence-corrected chi connectivity index (χ3v) is 4.52. The van der Waals surface area contributed by atoms with Crippen molar-refractivity contribution in [3.8, 4) is 10.6 Å². The van der Waals surface area contributed by atoms with Gasteiger partial charge in [0.2, 0.25) is 0 Å². The lowest BCUT2D eigenvalue weighted by Crippen LogP contribution is -2.23. The molecule has 3 rings (SSSR count). The summed E-state index contributed by atoms with van der Waals surface area (Å²) in [7, 11) is 0. The van der Waals surface area contributed by atoms with Crippen molar-refractivity contribution in [3.05, 3.63) is 74.3 Å². The van der Waals surface area contributed by atoms with Crippen LogP contribution in [-0.2, 0) is 0 Å². The number of nitrogens with one attached hydrogen (secondary N) is 2. The van der Waals surface area contributed by atoms with E-state index in [0.29, 0.717) is 16.4 Å². The number of H-pyrrole nitrogens is 1. The van der Waals surface area contributed by atoms with Crippen molar-refractivity contribution in [3.63, 3.8) is 0 Å². The molecular formula is C17H13ClN2O2S. The molecular weight excluding hydrogens is 332 g/mol. The highest BCUT2D eigenvalue weighted by molar-refractivity contribution is 7.13.